The Balaban J connectivity index is 1.82. The summed E-state index contributed by atoms with van der Waals surface area (Å²) in [4.78, 5) is 24.1. The molecule has 7 heteroatoms. The number of carbonyl (C=O) groups excluding carboxylic acids is 2. The molecule has 150 valence electrons. The van der Waals surface area contributed by atoms with Crippen molar-refractivity contribution in [3.63, 3.8) is 0 Å². The van der Waals surface area contributed by atoms with Crippen LogP contribution >= 0.6 is 0 Å². The molecule has 2 rings (SSSR count). The SMILES string of the molecule is COCCOc1cccc(NCC(=O)Nc2ccc(C(=O)NC(C)C)cc2)c1. The molecule has 0 radical (unpaired) electrons. The van der Waals surface area contributed by atoms with Gasteiger partial charge in [-0.05, 0) is 50.2 Å². The molecule has 3 N–H and O–H groups in total. The molecule has 2 amide bonds. The van der Waals surface area contributed by atoms with E-state index in [-0.39, 0.29) is 24.4 Å². The van der Waals surface area contributed by atoms with Crippen LogP contribution in [0.4, 0.5) is 11.4 Å². The van der Waals surface area contributed by atoms with Crippen LogP contribution in [-0.4, -0.2) is 44.7 Å². The van der Waals surface area contributed by atoms with Crippen LogP contribution in [0.15, 0.2) is 48.5 Å². The van der Waals surface area contributed by atoms with E-state index in [1.54, 1.807) is 31.4 Å². The number of amides is 2. The van der Waals surface area contributed by atoms with E-state index in [0.29, 0.717) is 30.2 Å². The zero-order chi connectivity index (χ0) is 20.4. The first-order valence-electron chi connectivity index (χ1n) is 9.14. The molecule has 0 saturated heterocycles. The van der Waals surface area contributed by atoms with Gasteiger partial charge < -0.3 is 25.4 Å². The van der Waals surface area contributed by atoms with Crippen LogP contribution in [0, 0.1) is 0 Å². The van der Waals surface area contributed by atoms with E-state index in [1.165, 1.54) is 0 Å². The highest BCUT2D eigenvalue weighted by Gasteiger charge is 2.08. The lowest BCUT2D eigenvalue weighted by Gasteiger charge is -2.11. The number of hydrogen-bond acceptors (Lipinski definition) is 5. The largest absolute Gasteiger partial charge is 0.491 e. The van der Waals surface area contributed by atoms with E-state index in [4.69, 9.17) is 9.47 Å². The standard InChI is InChI=1S/C21H27N3O4/c1-15(2)23-21(26)16-7-9-17(10-8-16)24-20(25)14-22-18-5-4-6-19(13-18)28-12-11-27-3/h4-10,13,15,22H,11-12,14H2,1-3H3,(H,23,26)(H,24,25). The van der Waals surface area contributed by atoms with E-state index in [1.807, 2.05) is 38.1 Å². The highest BCUT2D eigenvalue weighted by atomic mass is 16.5. The molecule has 0 unspecified atom stereocenters. The second kappa shape index (κ2) is 10.9. The predicted molar refractivity (Wildman–Crippen MR) is 110 cm³/mol. The molecule has 0 aliphatic heterocycles. The topological polar surface area (TPSA) is 88.7 Å². The Hall–Kier alpha value is -3.06. The Morgan fingerprint density at radius 2 is 1.75 bits per heavy atom. The molecule has 0 aromatic heterocycles. The molecule has 2 aromatic rings. The molecule has 0 aliphatic rings. The van der Waals surface area contributed by atoms with Crippen molar-refractivity contribution >= 4 is 23.2 Å². The van der Waals surface area contributed by atoms with E-state index in [2.05, 4.69) is 16.0 Å². The Morgan fingerprint density at radius 1 is 1.00 bits per heavy atom. The number of nitrogens with one attached hydrogen (secondary N) is 3. The van der Waals surface area contributed by atoms with Crippen LogP contribution in [0.1, 0.15) is 24.2 Å². The van der Waals surface area contributed by atoms with Crippen LogP contribution < -0.4 is 20.7 Å². The number of carbonyl (C=O) groups is 2. The van der Waals surface area contributed by atoms with Gasteiger partial charge in [0, 0.05) is 36.2 Å². The molecule has 0 aliphatic carbocycles. The lowest BCUT2D eigenvalue weighted by Crippen LogP contribution is -2.30. The Kier molecular flexibility index (Phi) is 8.30. The van der Waals surface area contributed by atoms with Crippen LogP contribution in [0.2, 0.25) is 0 Å². The van der Waals surface area contributed by atoms with Crippen molar-refractivity contribution in [1.29, 1.82) is 0 Å². The van der Waals surface area contributed by atoms with Crippen molar-refractivity contribution in [3.05, 3.63) is 54.1 Å². The third-order valence-corrected chi connectivity index (χ3v) is 3.69. The second-order valence-corrected chi connectivity index (χ2v) is 6.48. The van der Waals surface area contributed by atoms with Crippen LogP contribution in [0.25, 0.3) is 0 Å². The van der Waals surface area contributed by atoms with Crippen LogP contribution in [0.5, 0.6) is 5.75 Å². The van der Waals surface area contributed by atoms with Gasteiger partial charge in [-0.1, -0.05) is 6.07 Å². The van der Waals surface area contributed by atoms with E-state index < -0.39 is 0 Å². The lowest BCUT2D eigenvalue weighted by atomic mass is 10.2. The second-order valence-electron chi connectivity index (χ2n) is 6.48. The molecular formula is C21H27N3O4. The van der Waals surface area contributed by atoms with E-state index in [0.717, 1.165) is 5.69 Å². The van der Waals surface area contributed by atoms with Gasteiger partial charge >= 0.3 is 0 Å². The Labute approximate surface area is 165 Å². The zero-order valence-electron chi connectivity index (χ0n) is 16.5. The van der Waals surface area contributed by atoms with Crippen molar-refractivity contribution in [1.82, 2.24) is 5.32 Å². The maximum Gasteiger partial charge on any atom is 0.251 e. The van der Waals surface area contributed by atoms with Crippen molar-refractivity contribution in [2.24, 2.45) is 0 Å². The molecule has 0 saturated carbocycles. The fourth-order valence-electron chi connectivity index (χ4n) is 2.38. The number of benzene rings is 2. The average Bonchev–Trinajstić information content (AvgIpc) is 2.67. The Bertz CT molecular complexity index is 775. The van der Waals surface area contributed by atoms with Crippen LogP contribution in [-0.2, 0) is 9.53 Å². The first kappa shape index (κ1) is 21.2. The first-order chi connectivity index (χ1) is 13.5. The molecule has 2 aromatic carbocycles. The number of hydrogen-bond donors (Lipinski definition) is 3. The van der Waals surface area contributed by atoms with Gasteiger partial charge in [-0.2, -0.15) is 0 Å². The highest BCUT2D eigenvalue weighted by molar-refractivity contribution is 5.96. The summed E-state index contributed by atoms with van der Waals surface area (Å²) in [7, 11) is 1.62. The molecule has 0 bridgehead atoms. The summed E-state index contributed by atoms with van der Waals surface area (Å²) in [6, 6.07) is 14.2. The third-order valence-electron chi connectivity index (χ3n) is 3.69. The van der Waals surface area contributed by atoms with Gasteiger partial charge in [0.05, 0.1) is 13.2 Å². The highest BCUT2D eigenvalue weighted by Crippen LogP contribution is 2.17. The van der Waals surface area contributed by atoms with Gasteiger partial charge in [0.2, 0.25) is 5.91 Å². The van der Waals surface area contributed by atoms with Crippen LogP contribution in [0.3, 0.4) is 0 Å². The summed E-state index contributed by atoms with van der Waals surface area (Å²) in [5.74, 6) is 0.380. The molecule has 28 heavy (non-hydrogen) atoms. The average molecular weight is 385 g/mol. The smallest absolute Gasteiger partial charge is 0.251 e. The fraction of sp³-hybridized carbons (Fsp3) is 0.333. The Morgan fingerprint density at radius 3 is 2.43 bits per heavy atom. The van der Waals surface area contributed by atoms with Gasteiger partial charge in [-0.25, -0.2) is 0 Å². The van der Waals surface area contributed by atoms with Gasteiger partial charge in [0.25, 0.3) is 5.91 Å². The quantitative estimate of drug-likeness (QED) is 0.547. The lowest BCUT2D eigenvalue weighted by molar-refractivity contribution is -0.114. The summed E-state index contributed by atoms with van der Waals surface area (Å²) in [6.45, 7) is 4.89. The maximum atomic E-state index is 12.1. The van der Waals surface area contributed by atoms with Gasteiger partial charge in [0.1, 0.15) is 12.4 Å². The van der Waals surface area contributed by atoms with Crippen molar-refractivity contribution in [2.75, 3.05) is 37.5 Å². The van der Waals surface area contributed by atoms with Crippen molar-refractivity contribution in [3.8, 4) is 5.75 Å². The normalized spacial score (nSPS) is 10.4. The molecule has 7 nitrogen and oxygen atoms in total. The third kappa shape index (κ3) is 7.28. The summed E-state index contributed by atoms with van der Waals surface area (Å²) >= 11 is 0. The van der Waals surface area contributed by atoms with Gasteiger partial charge in [-0.15, -0.1) is 0 Å². The minimum atomic E-state index is -0.190. The van der Waals surface area contributed by atoms with E-state index in [9.17, 15) is 9.59 Å². The van der Waals surface area contributed by atoms with Crippen molar-refractivity contribution in [2.45, 2.75) is 19.9 Å². The number of rotatable bonds is 10. The monoisotopic (exact) mass is 385 g/mol. The fourth-order valence-corrected chi connectivity index (χ4v) is 2.38. The van der Waals surface area contributed by atoms with Gasteiger partial charge in [0.15, 0.2) is 0 Å². The molecule has 0 fully saturated rings. The van der Waals surface area contributed by atoms with Crippen molar-refractivity contribution < 1.29 is 19.1 Å². The number of methoxy groups -OCH3 is 1. The summed E-state index contributed by atoms with van der Waals surface area (Å²) in [5.41, 5.74) is 1.96. The zero-order valence-corrected chi connectivity index (χ0v) is 16.5. The maximum absolute atomic E-state index is 12.1. The minimum Gasteiger partial charge on any atom is -0.491 e. The molecule has 0 heterocycles. The summed E-state index contributed by atoms with van der Waals surface area (Å²) in [5, 5.41) is 8.68. The summed E-state index contributed by atoms with van der Waals surface area (Å²) in [6.07, 6.45) is 0. The predicted octanol–water partition coefficient (Wildman–Crippen LogP) is 2.90. The minimum absolute atomic E-state index is 0.0711. The van der Waals surface area contributed by atoms with Gasteiger partial charge in [-0.3, -0.25) is 9.59 Å². The van der Waals surface area contributed by atoms with E-state index >= 15 is 0 Å². The molecule has 0 spiro atoms. The number of anilines is 2. The summed E-state index contributed by atoms with van der Waals surface area (Å²) < 4.78 is 10.5. The molecular weight excluding hydrogens is 358 g/mol. The number of ether oxygens (including phenoxy) is 2. The first-order valence-corrected chi connectivity index (χ1v) is 9.14. The molecule has 0 atom stereocenters.